The highest BCUT2D eigenvalue weighted by Crippen LogP contribution is 2.17. The molecule has 1 aromatic carbocycles. The molecule has 0 unspecified atom stereocenters. The van der Waals surface area contributed by atoms with Crippen molar-refractivity contribution in [3.63, 3.8) is 0 Å². The molecule has 4 heteroatoms. The molecule has 1 aromatic heterocycles. The van der Waals surface area contributed by atoms with Gasteiger partial charge in [0, 0.05) is 10.9 Å². The van der Waals surface area contributed by atoms with Crippen LogP contribution in [0, 0.1) is 6.92 Å². The minimum absolute atomic E-state index is 0.0509. The molecular formula is C15H18N2OS. The van der Waals surface area contributed by atoms with Crippen LogP contribution in [0.2, 0.25) is 0 Å². The number of carbonyl (C=O) groups excluding carboxylic acids is 1. The first-order valence-electron chi connectivity index (χ1n) is 6.35. The second kappa shape index (κ2) is 5.97. The molecule has 0 atom stereocenters. The molecule has 1 heterocycles. The molecule has 19 heavy (non-hydrogen) atoms. The minimum atomic E-state index is -0.0509. The molecule has 0 aliphatic rings. The second-order valence-electron chi connectivity index (χ2n) is 4.87. The summed E-state index contributed by atoms with van der Waals surface area (Å²) < 4.78 is 0. The van der Waals surface area contributed by atoms with Crippen molar-refractivity contribution in [3.8, 4) is 0 Å². The van der Waals surface area contributed by atoms with E-state index < -0.39 is 0 Å². The van der Waals surface area contributed by atoms with Crippen LogP contribution in [0.15, 0.2) is 29.6 Å². The van der Waals surface area contributed by atoms with Crippen LogP contribution >= 0.6 is 11.3 Å². The smallest absolute Gasteiger partial charge is 0.251 e. The van der Waals surface area contributed by atoms with Crippen molar-refractivity contribution < 1.29 is 4.79 Å². The molecule has 3 nitrogen and oxygen atoms in total. The lowest BCUT2D eigenvalue weighted by Crippen LogP contribution is -2.22. The molecule has 1 N–H and O–H groups in total. The van der Waals surface area contributed by atoms with Crippen LogP contribution in [-0.4, -0.2) is 10.9 Å². The summed E-state index contributed by atoms with van der Waals surface area (Å²) in [5.74, 6) is 0.377. The average Bonchev–Trinajstić information content (AvgIpc) is 2.85. The van der Waals surface area contributed by atoms with E-state index in [1.165, 1.54) is 0 Å². The lowest BCUT2D eigenvalue weighted by molar-refractivity contribution is 0.0951. The van der Waals surface area contributed by atoms with Crippen LogP contribution in [0.5, 0.6) is 0 Å². The summed E-state index contributed by atoms with van der Waals surface area (Å²) in [7, 11) is 0. The Bertz CT molecular complexity index is 575. The van der Waals surface area contributed by atoms with Gasteiger partial charge in [0.1, 0.15) is 5.01 Å². The van der Waals surface area contributed by atoms with E-state index in [0.717, 1.165) is 16.3 Å². The van der Waals surface area contributed by atoms with Crippen LogP contribution in [0.25, 0.3) is 0 Å². The van der Waals surface area contributed by atoms with Gasteiger partial charge in [-0.05, 0) is 25.0 Å². The first-order chi connectivity index (χ1) is 9.06. The monoisotopic (exact) mass is 274 g/mol. The van der Waals surface area contributed by atoms with Crippen LogP contribution < -0.4 is 5.32 Å². The van der Waals surface area contributed by atoms with Gasteiger partial charge in [-0.1, -0.05) is 31.5 Å². The molecule has 2 aromatic rings. The van der Waals surface area contributed by atoms with Crippen molar-refractivity contribution in [1.82, 2.24) is 10.3 Å². The normalized spacial score (nSPS) is 10.7. The van der Waals surface area contributed by atoms with E-state index in [9.17, 15) is 4.79 Å². The summed E-state index contributed by atoms with van der Waals surface area (Å²) in [6.45, 7) is 6.70. The number of thiazole rings is 1. The molecule has 0 saturated heterocycles. The molecule has 0 bridgehead atoms. The van der Waals surface area contributed by atoms with Gasteiger partial charge in [0.15, 0.2) is 0 Å². The van der Waals surface area contributed by atoms with Crippen LogP contribution in [0.4, 0.5) is 0 Å². The van der Waals surface area contributed by atoms with Gasteiger partial charge in [0.25, 0.3) is 5.91 Å². The van der Waals surface area contributed by atoms with Crippen LogP contribution in [-0.2, 0) is 6.54 Å². The molecule has 2 rings (SSSR count). The Morgan fingerprint density at radius 3 is 2.84 bits per heavy atom. The number of aryl methyl sites for hydroxylation is 1. The first-order valence-corrected chi connectivity index (χ1v) is 7.23. The van der Waals surface area contributed by atoms with Gasteiger partial charge < -0.3 is 5.32 Å². The predicted octanol–water partition coefficient (Wildman–Crippen LogP) is 3.50. The fraction of sp³-hybridized carbons (Fsp3) is 0.333. The van der Waals surface area contributed by atoms with Gasteiger partial charge in [-0.15, -0.1) is 11.3 Å². The predicted molar refractivity (Wildman–Crippen MR) is 78.6 cm³/mol. The van der Waals surface area contributed by atoms with Gasteiger partial charge >= 0.3 is 0 Å². The third-order valence-electron chi connectivity index (χ3n) is 2.84. The molecule has 0 spiro atoms. The van der Waals surface area contributed by atoms with Gasteiger partial charge in [-0.3, -0.25) is 4.79 Å². The van der Waals surface area contributed by atoms with E-state index in [0.29, 0.717) is 18.0 Å². The number of hydrogen-bond donors (Lipinski definition) is 1. The number of carbonyl (C=O) groups is 1. The molecule has 0 radical (unpaired) electrons. The van der Waals surface area contributed by atoms with Crippen LogP contribution in [0.1, 0.15) is 46.4 Å². The standard InChI is InChI=1S/C15H18N2OS/c1-10(2)13-9-19-14(17-13)8-16-15(18)12-6-4-5-11(3)7-12/h4-7,9-10H,8H2,1-3H3,(H,16,18). The second-order valence-corrected chi connectivity index (χ2v) is 5.82. The van der Waals surface area contributed by atoms with Crippen molar-refractivity contribution in [1.29, 1.82) is 0 Å². The number of benzene rings is 1. The summed E-state index contributed by atoms with van der Waals surface area (Å²) in [5.41, 5.74) is 2.87. The Hall–Kier alpha value is -1.68. The number of hydrogen-bond acceptors (Lipinski definition) is 3. The average molecular weight is 274 g/mol. The molecule has 0 saturated carbocycles. The highest BCUT2D eigenvalue weighted by molar-refractivity contribution is 7.09. The Labute approximate surface area is 117 Å². The van der Waals surface area contributed by atoms with Gasteiger partial charge in [-0.25, -0.2) is 4.98 Å². The summed E-state index contributed by atoms with van der Waals surface area (Å²) >= 11 is 1.59. The topological polar surface area (TPSA) is 42.0 Å². The Morgan fingerprint density at radius 2 is 2.21 bits per heavy atom. The van der Waals surface area contributed by atoms with Crippen molar-refractivity contribution in [2.24, 2.45) is 0 Å². The summed E-state index contributed by atoms with van der Waals surface area (Å²) in [4.78, 5) is 16.5. The Kier molecular flexibility index (Phi) is 4.32. The van der Waals surface area contributed by atoms with E-state index in [2.05, 4.69) is 29.5 Å². The zero-order valence-corrected chi connectivity index (χ0v) is 12.3. The number of aromatic nitrogens is 1. The lowest BCUT2D eigenvalue weighted by atomic mass is 10.1. The number of nitrogens with one attached hydrogen (secondary N) is 1. The van der Waals surface area contributed by atoms with Gasteiger partial charge in [0.2, 0.25) is 0 Å². The van der Waals surface area contributed by atoms with Gasteiger partial charge in [-0.2, -0.15) is 0 Å². The van der Waals surface area contributed by atoms with Crippen molar-refractivity contribution in [2.45, 2.75) is 33.2 Å². The van der Waals surface area contributed by atoms with Gasteiger partial charge in [0.05, 0.1) is 12.2 Å². The maximum atomic E-state index is 12.0. The Morgan fingerprint density at radius 1 is 1.42 bits per heavy atom. The minimum Gasteiger partial charge on any atom is -0.346 e. The van der Waals surface area contributed by atoms with Crippen LogP contribution in [0.3, 0.4) is 0 Å². The zero-order valence-electron chi connectivity index (χ0n) is 11.4. The van der Waals surface area contributed by atoms with E-state index >= 15 is 0 Å². The summed E-state index contributed by atoms with van der Waals surface area (Å²) in [5, 5.41) is 5.91. The van der Waals surface area contributed by atoms with E-state index in [1.54, 1.807) is 11.3 Å². The maximum Gasteiger partial charge on any atom is 0.251 e. The highest BCUT2D eigenvalue weighted by Gasteiger charge is 2.08. The largest absolute Gasteiger partial charge is 0.346 e. The third kappa shape index (κ3) is 3.64. The van der Waals surface area contributed by atoms with Crippen molar-refractivity contribution in [3.05, 3.63) is 51.5 Å². The first kappa shape index (κ1) is 13.7. The molecular weight excluding hydrogens is 256 g/mol. The third-order valence-corrected chi connectivity index (χ3v) is 3.71. The molecule has 0 aliphatic heterocycles. The molecule has 100 valence electrons. The SMILES string of the molecule is Cc1cccc(C(=O)NCc2nc(C(C)C)cs2)c1. The molecule has 0 aliphatic carbocycles. The van der Waals surface area contributed by atoms with E-state index in [1.807, 2.05) is 31.2 Å². The highest BCUT2D eigenvalue weighted by atomic mass is 32.1. The fourth-order valence-electron chi connectivity index (χ4n) is 1.72. The van der Waals surface area contributed by atoms with E-state index in [-0.39, 0.29) is 5.91 Å². The maximum absolute atomic E-state index is 12.0. The fourth-order valence-corrected chi connectivity index (χ4v) is 2.61. The number of rotatable bonds is 4. The summed E-state index contributed by atoms with van der Waals surface area (Å²) in [6.07, 6.45) is 0. The zero-order chi connectivity index (χ0) is 13.8. The summed E-state index contributed by atoms with van der Waals surface area (Å²) in [6, 6.07) is 7.58. The quantitative estimate of drug-likeness (QED) is 0.927. The molecule has 1 amide bonds. The number of amides is 1. The van der Waals surface area contributed by atoms with Crippen molar-refractivity contribution >= 4 is 17.2 Å². The van der Waals surface area contributed by atoms with E-state index in [4.69, 9.17) is 0 Å². The number of nitrogens with zero attached hydrogens (tertiary/aromatic N) is 1. The lowest BCUT2D eigenvalue weighted by Gasteiger charge is -2.04. The van der Waals surface area contributed by atoms with Crippen molar-refractivity contribution in [2.75, 3.05) is 0 Å². The Balaban J connectivity index is 1.96. The molecule has 0 fully saturated rings.